The van der Waals surface area contributed by atoms with Crippen LogP contribution in [0.1, 0.15) is 38.8 Å². The molecule has 0 saturated carbocycles. The first-order valence-electron chi connectivity index (χ1n) is 17.5. The lowest BCUT2D eigenvalue weighted by Crippen LogP contribution is -2.71. The number of carboxylic acid groups (broad SMARTS) is 1. The Morgan fingerprint density at radius 2 is 1.67 bits per heavy atom. The van der Waals surface area contributed by atoms with Gasteiger partial charge in [-0.15, -0.1) is 23.5 Å². The molecule has 0 radical (unpaired) electrons. The molecule has 272 valence electrons. The largest absolute Gasteiger partial charge is 0.480 e. The van der Waals surface area contributed by atoms with E-state index in [2.05, 4.69) is 76.5 Å². The van der Waals surface area contributed by atoms with Crippen LogP contribution >= 0.6 is 35.3 Å². The molecule has 0 spiro atoms. The summed E-state index contributed by atoms with van der Waals surface area (Å²) in [5.74, 6) is -0.740. The van der Waals surface area contributed by atoms with Gasteiger partial charge in [-0.2, -0.15) is 0 Å². The summed E-state index contributed by atoms with van der Waals surface area (Å²) in [7, 11) is 2.22. The Labute approximate surface area is 313 Å². The van der Waals surface area contributed by atoms with E-state index in [-0.39, 0.29) is 11.3 Å². The van der Waals surface area contributed by atoms with E-state index in [1.807, 2.05) is 29.6 Å². The highest BCUT2D eigenvalue weighted by atomic mass is 32.2. The van der Waals surface area contributed by atoms with Gasteiger partial charge in [-0.05, 0) is 75.5 Å². The molecule has 7 rings (SSSR count). The number of piperazine rings is 1. The van der Waals surface area contributed by atoms with E-state index in [9.17, 15) is 19.5 Å². The second-order valence-electron chi connectivity index (χ2n) is 13.8. The van der Waals surface area contributed by atoms with Gasteiger partial charge in [0.2, 0.25) is 11.8 Å². The van der Waals surface area contributed by atoms with Crippen molar-refractivity contribution in [2.45, 2.75) is 70.1 Å². The fraction of sp³-hybridized carbons (Fsp3) is 0.447. The number of nitrogens with one attached hydrogen (secondary N) is 1. The van der Waals surface area contributed by atoms with Gasteiger partial charge >= 0.3 is 5.97 Å². The third-order valence-electron chi connectivity index (χ3n) is 9.77. The Morgan fingerprint density at radius 3 is 2.37 bits per heavy atom. The molecule has 3 aromatic carbocycles. The molecule has 4 aliphatic heterocycles. The number of nitrogens with zero attached hydrogens (tertiary/aromatic N) is 4. The third kappa shape index (κ3) is 8.23. The van der Waals surface area contributed by atoms with Crippen LogP contribution in [0.4, 0.5) is 11.4 Å². The zero-order valence-corrected chi connectivity index (χ0v) is 32.1. The van der Waals surface area contributed by atoms with Gasteiger partial charge in [0.05, 0.1) is 11.4 Å². The first-order valence-corrected chi connectivity index (χ1v) is 20.2. The number of thioether (sulfide) groups is 2. The number of amides is 2. The van der Waals surface area contributed by atoms with E-state index >= 15 is 0 Å². The maximum absolute atomic E-state index is 12.3. The molecule has 3 saturated heterocycles. The third-order valence-corrected chi connectivity index (χ3v) is 13.4. The van der Waals surface area contributed by atoms with Crippen molar-refractivity contribution >= 4 is 64.4 Å². The summed E-state index contributed by atoms with van der Waals surface area (Å²) in [6.07, 6.45) is 1.20. The number of anilines is 2. The molecule has 2 amide bonds. The van der Waals surface area contributed by atoms with E-state index in [0.29, 0.717) is 5.56 Å². The second-order valence-corrected chi connectivity index (χ2v) is 17.9. The summed E-state index contributed by atoms with van der Waals surface area (Å²) in [4.78, 5) is 49.2. The molecule has 3 fully saturated rings. The highest BCUT2D eigenvalue weighted by molar-refractivity contribution is 8.01. The molecular weight excluding hydrogens is 701 g/mol. The Kier molecular flexibility index (Phi) is 11.9. The Hall–Kier alpha value is -3.20. The number of carbonyl (C=O) groups is 3. The number of carbonyl (C=O) groups excluding carboxylic acids is 2. The van der Waals surface area contributed by atoms with Gasteiger partial charge in [-0.25, -0.2) is 4.79 Å². The summed E-state index contributed by atoms with van der Waals surface area (Å²) in [5.41, 5.74) is 9.35. The van der Waals surface area contributed by atoms with Crippen molar-refractivity contribution < 1.29 is 19.5 Å². The number of likely N-dealkylation sites (N-methyl/N-ethyl adjacent to an activating group) is 1. The van der Waals surface area contributed by atoms with Crippen molar-refractivity contribution in [2.75, 3.05) is 57.0 Å². The minimum Gasteiger partial charge on any atom is -0.480 e. The van der Waals surface area contributed by atoms with Crippen LogP contribution in [-0.2, 0) is 14.4 Å². The number of benzene rings is 3. The van der Waals surface area contributed by atoms with Crippen LogP contribution in [-0.4, -0.2) is 112 Å². The van der Waals surface area contributed by atoms with Gasteiger partial charge in [0.1, 0.15) is 23.5 Å². The van der Waals surface area contributed by atoms with E-state index in [4.69, 9.17) is 5.73 Å². The molecule has 0 aliphatic carbocycles. The molecule has 0 unspecified atom stereocenters. The van der Waals surface area contributed by atoms with Crippen LogP contribution in [0.15, 0.2) is 87.5 Å². The SMILES string of the molecule is CC1(C)S[C@@H]2[C@H](NC(=O)[C@H](N)c3ccccc3)C(=O)N2[C@H]1C(=O)O.CCSc1ccc2c(c1)N(CCCN1CCN(C)CC1)c1ccccc1S2. The summed E-state index contributed by atoms with van der Waals surface area (Å²) in [6.45, 7) is 12.9. The number of carboxylic acids is 1. The summed E-state index contributed by atoms with van der Waals surface area (Å²) >= 11 is 5.22. The van der Waals surface area contributed by atoms with Crippen LogP contribution in [0.5, 0.6) is 0 Å². The smallest absolute Gasteiger partial charge is 0.327 e. The van der Waals surface area contributed by atoms with Gasteiger partial charge in [0.25, 0.3) is 0 Å². The van der Waals surface area contributed by atoms with E-state index in [1.54, 1.807) is 38.1 Å². The second kappa shape index (κ2) is 16.2. The van der Waals surface area contributed by atoms with Crippen molar-refractivity contribution in [1.29, 1.82) is 0 Å². The number of nitrogens with two attached hydrogens (primary N) is 1. The number of rotatable bonds is 10. The molecule has 51 heavy (non-hydrogen) atoms. The molecule has 4 N–H and O–H groups in total. The van der Waals surface area contributed by atoms with E-state index in [0.717, 1.165) is 12.3 Å². The lowest BCUT2D eigenvalue weighted by Gasteiger charge is -2.43. The van der Waals surface area contributed by atoms with Crippen LogP contribution in [0.3, 0.4) is 0 Å². The number of aliphatic carboxylic acids is 1. The quantitative estimate of drug-likeness (QED) is 0.184. The van der Waals surface area contributed by atoms with Crippen LogP contribution < -0.4 is 16.0 Å². The van der Waals surface area contributed by atoms with Crippen LogP contribution in [0.25, 0.3) is 0 Å². The first-order chi connectivity index (χ1) is 24.5. The molecule has 4 heterocycles. The van der Waals surface area contributed by atoms with Gasteiger partial charge < -0.3 is 35.8 Å². The molecule has 0 bridgehead atoms. The topological polar surface area (TPSA) is 122 Å². The van der Waals surface area contributed by atoms with Crippen molar-refractivity contribution in [3.8, 4) is 0 Å². The van der Waals surface area contributed by atoms with Gasteiger partial charge in [0.15, 0.2) is 0 Å². The average Bonchev–Trinajstić information content (AvgIpc) is 3.39. The van der Waals surface area contributed by atoms with Gasteiger partial charge in [-0.3, -0.25) is 9.59 Å². The lowest BCUT2D eigenvalue weighted by molar-refractivity contribution is -0.161. The summed E-state index contributed by atoms with van der Waals surface area (Å²) < 4.78 is -0.618. The van der Waals surface area contributed by atoms with Crippen LogP contribution in [0.2, 0.25) is 0 Å². The van der Waals surface area contributed by atoms with Crippen LogP contribution in [0, 0.1) is 0 Å². The minimum atomic E-state index is -1.03. The lowest BCUT2D eigenvalue weighted by atomic mass is 9.95. The zero-order valence-electron chi connectivity index (χ0n) is 29.7. The predicted octanol–water partition coefficient (Wildman–Crippen LogP) is 5.36. The molecule has 0 aromatic heterocycles. The Morgan fingerprint density at radius 1 is 0.980 bits per heavy atom. The van der Waals surface area contributed by atoms with E-state index in [1.165, 1.54) is 81.9 Å². The number of para-hydroxylation sites is 1. The van der Waals surface area contributed by atoms with Crippen molar-refractivity contribution in [3.05, 3.63) is 78.4 Å². The molecule has 4 atom stereocenters. The minimum absolute atomic E-state index is 0.375. The average molecular weight is 749 g/mol. The zero-order chi connectivity index (χ0) is 36.3. The van der Waals surface area contributed by atoms with Crippen molar-refractivity contribution in [1.82, 2.24) is 20.0 Å². The van der Waals surface area contributed by atoms with E-state index < -0.39 is 34.7 Å². The Bertz CT molecular complexity index is 1720. The van der Waals surface area contributed by atoms with Gasteiger partial charge in [-0.1, -0.05) is 61.2 Å². The summed E-state index contributed by atoms with van der Waals surface area (Å²) in [6, 6.07) is 22.2. The molecule has 13 heteroatoms. The highest BCUT2D eigenvalue weighted by Gasteiger charge is 2.64. The van der Waals surface area contributed by atoms with Crippen molar-refractivity contribution in [3.63, 3.8) is 0 Å². The molecule has 3 aromatic rings. The first kappa shape index (κ1) is 37.6. The highest BCUT2D eigenvalue weighted by Crippen LogP contribution is 2.51. The standard InChI is InChI=1S/C22H29N3S2.C16H19N3O4S/c1-3-26-18-9-10-22-20(17-18)25(19-7-4-5-8-21(19)27-22)12-6-11-24-15-13-23(2)14-16-24;1-16(2)11(15(22)23)19-13(21)10(14(19)24-16)18-12(20)9(17)8-6-4-3-5-7-8/h4-5,7-10,17H,3,6,11-16H2,1-2H3;3-7,9-11,14H,17H2,1-2H3,(H,18,20)(H,22,23)/t;9-,10-,11+,14-/m.1/s1. The normalized spacial score (nSPS) is 22.8. The number of β-lactam (4-membered cyclic amide) rings is 1. The number of hydrogen-bond donors (Lipinski definition) is 3. The summed E-state index contributed by atoms with van der Waals surface area (Å²) in [5, 5.41) is 11.7. The molecule has 4 aliphatic rings. The molecule has 10 nitrogen and oxygen atoms in total. The van der Waals surface area contributed by atoms with Gasteiger partial charge in [0, 0.05) is 52.2 Å². The maximum Gasteiger partial charge on any atom is 0.327 e. The fourth-order valence-corrected chi connectivity index (χ4v) is 10.4. The van der Waals surface area contributed by atoms with Crippen molar-refractivity contribution in [2.24, 2.45) is 5.73 Å². The molecular formula is C38H48N6O4S3. The monoisotopic (exact) mass is 748 g/mol. The Balaban J connectivity index is 0.000000177. The predicted molar refractivity (Wildman–Crippen MR) is 208 cm³/mol. The number of fused-ring (bicyclic) bond motifs is 3. The maximum atomic E-state index is 12.3. The fourth-order valence-electron chi connectivity index (χ4n) is 7.03. The number of hydrogen-bond acceptors (Lipinski definition) is 10.